The summed E-state index contributed by atoms with van der Waals surface area (Å²) in [5.41, 5.74) is 4.32. The maximum atomic E-state index is 5.22. The first kappa shape index (κ1) is 28.9. The second-order valence-electron chi connectivity index (χ2n) is 7.71. The number of hydrogen-bond donors (Lipinski definition) is 0. The summed E-state index contributed by atoms with van der Waals surface area (Å²) in [6.07, 6.45) is 14.2. The zero-order valence-corrected chi connectivity index (χ0v) is 22.0. The average Bonchev–Trinajstić information content (AvgIpc) is 3.37. The fourth-order valence-corrected chi connectivity index (χ4v) is 6.32. The van der Waals surface area contributed by atoms with Crippen molar-refractivity contribution in [3.05, 3.63) is 110 Å². The van der Waals surface area contributed by atoms with E-state index in [-0.39, 0.29) is 36.6 Å². The first-order valence-corrected chi connectivity index (χ1v) is 13.1. The first-order chi connectivity index (χ1) is 13.1. The van der Waals surface area contributed by atoms with Crippen molar-refractivity contribution in [3.8, 4) is 0 Å². The molecule has 0 spiro atoms. The van der Waals surface area contributed by atoms with E-state index >= 15 is 0 Å². The summed E-state index contributed by atoms with van der Waals surface area (Å²) in [6.45, 7) is 13.0. The molecule has 2 nitrogen and oxygen atoms in total. The first-order valence-electron chi connectivity index (χ1n) is 10.1. The van der Waals surface area contributed by atoms with Crippen molar-refractivity contribution < 1.29 is 21.7 Å². The molecule has 0 saturated carbocycles. The molecule has 0 bridgehead atoms. The minimum absolute atomic E-state index is 0. The van der Waals surface area contributed by atoms with Gasteiger partial charge in [0.25, 0.3) is 0 Å². The van der Waals surface area contributed by atoms with E-state index in [1.54, 1.807) is 6.92 Å². The number of rotatable bonds is 5. The molecule has 0 radical (unpaired) electrons. The monoisotopic (exact) mass is 454 g/mol. The zero-order chi connectivity index (χ0) is 19.3. The van der Waals surface area contributed by atoms with Crippen LogP contribution in [0.15, 0.2) is 77.2 Å². The van der Waals surface area contributed by atoms with Gasteiger partial charge in [0.1, 0.15) is 0 Å². The largest absolute Gasteiger partial charge is 4.00 e. The van der Waals surface area contributed by atoms with Crippen LogP contribution in [0.4, 0.5) is 0 Å². The van der Waals surface area contributed by atoms with E-state index in [1.165, 1.54) is 48.0 Å². The second-order valence-corrected chi connectivity index (χ2v) is 11.7. The molecule has 1 unspecified atom stereocenters. The third-order valence-electron chi connectivity index (χ3n) is 5.58. The fourth-order valence-electron chi connectivity index (χ4n) is 4.13. The van der Waals surface area contributed by atoms with Gasteiger partial charge in [-0.1, -0.05) is 78.5 Å². The number of nitrogens with zero attached hydrogens (tertiary/aromatic N) is 2. The number of hydrogen-bond acceptors (Lipinski definition) is 1. The van der Waals surface area contributed by atoms with E-state index in [9.17, 15) is 0 Å². The molecule has 1 aliphatic heterocycles. The molecule has 0 amide bonds. The maximum absolute atomic E-state index is 5.22. The molecule has 160 valence electrons. The molecule has 1 aromatic rings. The van der Waals surface area contributed by atoms with Crippen molar-refractivity contribution in [3.63, 3.8) is 0 Å². The molecule has 0 N–H and O–H groups in total. The molecule has 1 heterocycles. The standard InChI is InChI=1S/C22H27N2Si.C2H5.2CH3.Ti/c1-25(2,23-17-18-10-4-3-5-11-18)22-16-21(24-14-8-9-15-24)19-12-6-7-13-20(19)22;1-2;;;/h3-7,10-13,16,19H,8-9,14-15,17H2,1-2H3;1H2,2H3;2*1H3;/q4*-1;+4. The van der Waals surface area contributed by atoms with Crippen molar-refractivity contribution in [2.45, 2.75) is 39.4 Å². The van der Waals surface area contributed by atoms with Crippen molar-refractivity contribution >= 4 is 8.24 Å². The van der Waals surface area contributed by atoms with E-state index in [1.807, 2.05) is 0 Å². The van der Waals surface area contributed by atoms with Gasteiger partial charge in [0, 0.05) is 24.7 Å². The third-order valence-corrected chi connectivity index (χ3v) is 8.28. The van der Waals surface area contributed by atoms with Gasteiger partial charge in [0.15, 0.2) is 0 Å². The topological polar surface area (TPSA) is 17.3 Å². The molecule has 2 aliphatic carbocycles. The van der Waals surface area contributed by atoms with Crippen LogP contribution < -0.4 is 0 Å². The SMILES string of the molecule is C[Si](C)([N-]Cc1ccccc1)C1=C2C=CC=CC2C(N2CCCC2)=C1.[CH2-]C.[CH3-].[CH3-].[Ti+4]. The minimum atomic E-state index is -1.84. The van der Waals surface area contributed by atoms with Gasteiger partial charge in [-0.3, -0.25) is 0 Å². The molecule has 3 aliphatic rings. The van der Waals surface area contributed by atoms with Gasteiger partial charge in [-0.25, -0.2) is 0 Å². The summed E-state index contributed by atoms with van der Waals surface area (Å²) in [7, 11) is -1.84. The summed E-state index contributed by atoms with van der Waals surface area (Å²) in [5, 5.41) is 1.52. The Morgan fingerprint density at radius 2 is 1.67 bits per heavy atom. The van der Waals surface area contributed by atoms with E-state index in [0.29, 0.717) is 5.92 Å². The number of benzene rings is 1. The summed E-state index contributed by atoms with van der Waals surface area (Å²) in [6, 6.07) is 10.6. The van der Waals surface area contributed by atoms with Crippen molar-refractivity contribution in [2.24, 2.45) is 5.92 Å². The van der Waals surface area contributed by atoms with Crippen LogP contribution in [0.5, 0.6) is 0 Å². The Balaban J connectivity index is 0.00000163. The van der Waals surface area contributed by atoms with Crippen molar-refractivity contribution in [2.75, 3.05) is 13.1 Å². The van der Waals surface area contributed by atoms with Crippen LogP contribution in [-0.4, -0.2) is 26.2 Å². The van der Waals surface area contributed by atoms with Crippen LogP contribution in [-0.2, 0) is 28.3 Å². The molecular weight excluding hydrogens is 416 g/mol. The Bertz CT molecular complexity index is 756. The minimum Gasteiger partial charge on any atom is -0.657 e. The molecule has 0 aromatic heterocycles. The van der Waals surface area contributed by atoms with E-state index < -0.39 is 8.24 Å². The molecule has 1 saturated heterocycles. The number of allylic oxidation sites excluding steroid dienone is 6. The number of fused-ring (bicyclic) bond motifs is 1. The third kappa shape index (κ3) is 6.43. The van der Waals surface area contributed by atoms with Gasteiger partial charge in [-0.2, -0.15) is 6.92 Å². The summed E-state index contributed by atoms with van der Waals surface area (Å²) in [5.74, 6) is 0.455. The Labute approximate surface area is 202 Å². The molecule has 30 heavy (non-hydrogen) atoms. The van der Waals surface area contributed by atoms with Gasteiger partial charge in [0.2, 0.25) is 0 Å². The Morgan fingerprint density at radius 3 is 2.30 bits per heavy atom. The van der Waals surface area contributed by atoms with E-state index in [0.717, 1.165) is 6.54 Å². The van der Waals surface area contributed by atoms with Crippen LogP contribution in [0.25, 0.3) is 4.98 Å². The van der Waals surface area contributed by atoms with E-state index in [4.69, 9.17) is 4.98 Å². The number of likely N-dealkylation sites (tertiary alicyclic amines) is 1. The second kappa shape index (κ2) is 13.3. The summed E-state index contributed by atoms with van der Waals surface area (Å²) < 4.78 is 0. The normalized spacial score (nSPS) is 19.0. The molecule has 1 fully saturated rings. The molecule has 4 rings (SSSR count). The Kier molecular flexibility index (Phi) is 12.8. The predicted molar refractivity (Wildman–Crippen MR) is 133 cm³/mol. The van der Waals surface area contributed by atoms with Crippen molar-refractivity contribution in [1.29, 1.82) is 0 Å². The Hall–Kier alpha value is -1.13. The van der Waals surface area contributed by atoms with Gasteiger partial charge < -0.3 is 31.7 Å². The Morgan fingerprint density at radius 1 is 1.03 bits per heavy atom. The van der Waals surface area contributed by atoms with Crippen LogP contribution >= 0.6 is 0 Å². The smallest absolute Gasteiger partial charge is 0.657 e. The van der Waals surface area contributed by atoms with Crippen LogP contribution in [0, 0.1) is 27.7 Å². The van der Waals surface area contributed by atoms with E-state index in [2.05, 4.69) is 85.6 Å². The molecule has 1 atom stereocenters. The van der Waals surface area contributed by atoms with Crippen LogP contribution in [0.1, 0.15) is 25.3 Å². The molecular formula is C26H38N2SiTi. The van der Waals surface area contributed by atoms with Gasteiger partial charge >= 0.3 is 21.7 Å². The average molecular weight is 455 g/mol. The maximum Gasteiger partial charge on any atom is 4.00 e. The van der Waals surface area contributed by atoms with Gasteiger partial charge in [0.05, 0.1) is 0 Å². The van der Waals surface area contributed by atoms with Gasteiger partial charge in [-0.05, 0) is 32.7 Å². The van der Waals surface area contributed by atoms with Crippen LogP contribution in [0.2, 0.25) is 13.1 Å². The van der Waals surface area contributed by atoms with Crippen molar-refractivity contribution in [1.82, 2.24) is 4.90 Å². The quantitative estimate of drug-likeness (QED) is 0.343. The molecule has 4 heteroatoms. The predicted octanol–water partition coefficient (Wildman–Crippen LogP) is 7.08. The fraction of sp³-hybridized carbons (Fsp3) is 0.346. The van der Waals surface area contributed by atoms with Gasteiger partial charge in [-0.15, -0.1) is 6.54 Å². The summed E-state index contributed by atoms with van der Waals surface area (Å²) in [4.78, 5) is 7.82. The van der Waals surface area contributed by atoms with Crippen LogP contribution in [0.3, 0.4) is 0 Å². The molecule has 1 aromatic carbocycles. The zero-order valence-electron chi connectivity index (χ0n) is 19.5. The summed E-state index contributed by atoms with van der Waals surface area (Å²) >= 11 is 0.